The van der Waals surface area contributed by atoms with Gasteiger partial charge in [-0.25, -0.2) is 0 Å². The van der Waals surface area contributed by atoms with E-state index in [1.54, 1.807) is 6.20 Å². The van der Waals surface area contributed by atoms with Gasteiger partial charge in [-0.15, -0.1) is 5.10 Å². The maximum atomic E-state index is 4.56. The van der Waals surface area contributed by atoms with Crippen LogP contribution in [0.25, 0.3) is 0 Å². The maximum Gasteiger partial charge on any atom is 0.249 e. The highest BCUT2D eigenvalue weighted by Crippen LogP contribution is 2.29. The number of anilines is 5. The number of hydrogen-bond donors (Lipinski definition) is 2. The predicted octanol–water partition coefficient (Wildman–Crippen LogP) is 4.86. The van der Waals surface area contributed by atoms with Crippen molar-refractivity contribution in [3.05, 3.63) is 59.8 Å². The highest BCUT2D eigenvalue weighted by atomic mass is 15.3. The molecule has 3 rings (SSSR count). The van der Waals surface area contributed by atoms with Crippen molar-refractivity contribution in [3.8, 4) is 0 Å². The molecule has 0 bridgehead atoms. The predicted molar refractivity (Wildman–Crippen MR) is 112 cm³/mol. The van der Waals surface area contributed by atoms with E-state index in [0.717, 1.165) is 17.1 Å². The summed E-state index contributed by atoms with van der Waals surface area (Å²) in [4.78, 5) is 6.61. The molecule has 27 heavy (non-hydrogen) atoms. The van der Waals surface area contributed by atoms with Crippen LogP contribution in [-0.2, 0) is 0 Å². The Balaban J connectivity index is 1.80. The van der Waals surface area contributed by atoms with Crippen molar-refractivity contribution in [1.82, 2.24) is 15.2 Å². The second-order valence-electron chi connectivity index (χ2n) is 7.05. The van der Waals surface area contributed by atoms with Crippen LogP contribution in [0.2, 0.25) is 0 Å². The molecule has 1 heterocycles. The van der Waals surface area contributed by atoms with Gasteiger partial charge < -0.3 is 15.5 Å². The molecule has 0 spiro atoms. The molecule has 0 amide bonds. The molecule has 140 valence electrons. The van der Waals surface area contributed by atoms with Crippen LogP contribution < -0.4 is 15.5 Å². The third-order valence-electron chi connectivity index (χ3n) is 4.38. The largest absolute Gasteiger partial charge is 0.378 e. The molecule has 0 radical (unpaired) electrons. The second-order valence-corrected chi connectivity index (χ2v) is 7.05. The molecule has 1 aromatic heterocycles. The van der Waals surface area contributed by atoms with Gasteiger partial charge in [0, 0.05) is 31.2 Å². The first-order valence-corrected chi connectivity index (χ1v) is 9.04. The lowest BCUT2D eigenvalue weighted by Crippen LogP contribution is -2.08. The lowest BCUT2D eigenvalue weighted by molar-refractivity contribution is 0.866. The monoisotopic (exact) mass is 362 g/mol. The van der Waals surface area contributed by atoms with Gasteiger partial charge >= 0.3 is 0 Å². The average Bonchev–Trinajstić information content (AvgIpc) is 2.64. The van der Waals surface area contributed by atoms with Gasteiger partial charge in [-0.3, -0.25) is 0 Å². The van der Waals surface area contributed by atoms with Crippen LogP contribution in [0.5, 0.6) is 0 Å². The first kappa shape index (κ1) is 18.6. The molecule has 0 aliphatic carbocycles. The van der Waals surface area contributed by atoms with E-state index in [4.69, 9.17) is 0 Å². The number of aryl methyl sites for hydroxylation is 1. The summed E-state index contributed by atoms with van der Waals surface area (Å²) in [5.74, 6) is 1.53. The van der Waals surface area contributed by atoms with Gasteiger partial charge in [0.15, 0.2) is 5.82 Å². The van der Waals surface area contributed by atoms with E-state index < -0.39 is 0 Å². The van der Waals surface area contributed by atoms with Gasteiger partial charge in [-0.1, -0.05) is 32.0 Å². The molecule has 0 saturated carbocycles. The van der Waals surface area contributed by atoms with Gasteiger partial charge in [0.25, 0.3) is 0 Å². The molecule has 3 aromatic rings. The number of rotatable bonds is 6. The zero-order valence-corrected chi connectivity index (χ0v) is 16.5. The third-order valence-corrected chi connectivity index (χ3v) is 4.38. The van der Waals surface area contributed by atoms with Crippen molar-refractivity contribution < 1.29 is 0 Å². The summed E-state index contributed by atoms with van der Waals surface area (Å²) in [6, 6.07) is 14.4. The van der Waals surface area contributed by atoms with Crippen molar-refractivity contribution in [2.24, 2.45) is 0 Å². The fourth-order valence-electron chi connectivity index (χ4n) is 2.86. The van der Waals surface area contributed by atoms with Crippen molar-refractivity contribution >= 4 is 28.8 Å². The first-order chi connectivity index (χ1) is 12.9. The Morgan fingerprint density at radius 3 is 2.37 bits per heavy atom. The van der Waals surface area contributed by atoms with Gasteiger partial charge in [0.2, 0.25) is 5.95 Å². The molecule has 0 unspecified atom stereocenters. The summed E-state index contributed by atoms with van der Waals surface area (Å²) in [7, 11) is 4.03. The summed E-state index contributed by atoms with van der Waals surface area (Å²) in [5.41, 5.74) is 5.55. The minimum atomic E-state index is 0.412. The summed E-state index contributed by atoms with van der Waals surface area (Å²) >= 11 is 0. The Labute approximate surface area is 160 Å². The second kappa shape index (κ2) is 8.03. The number of benzene rings is 2. The fraction of sp³-hybridized carbons (Fsp3) is 0.286. The van der Waals surface area contributed by atoms with E-state index in [1.807, 2.05) is 38.4 Å². The molecule has 2 aromatic carbocycles. The third kappa shape index (κ3) is 4.53. The van der Waals surface area contributed by atoms with E-state index >= 15 is 0 Å². The molecular formula is C21H26N6. The Morgan fingerprint density at radius 1 is 0.963 bits per heavy atom. The maximum absolute atomic E-state index is 4.56. The number of para-hydroxylation sites is 1. The number of nitrogens with zero attached hydrogens (tertiary/aromatic N) is 4. The highest BCUT2D eigenvalue weighted by Gasteiger charge is 2.11. The van der Waals surface area contributed by atoms with Crippen LogP contribution in [0.3, 0.4) is 0 Å². The summed E-state index contributed by atoms with van der Waals surface area (Å²) in [5, 5.41) is 14.8. The zero-order valence-electron chi connectivity index (χ0n) is 16.5. The van der Waals surface area contributed by atoms with E-state index in [-0.39, 0.29) is 0 Å². The Hall–Kier alpha value is -3.15. The Kier molecular flexibility index (Phi) is 5.54. The summed E-state index contributed by atoms with van der Waals surface area (Å²) < 4.78 is 0. The SMILES string of the molecule is Cc1cccc(C(C)C)c1Nc1cnnc(Nc2ccc(N(C)C)cc2)n1. The van der Waals surface area contributed by atoms with E-state index in [2.05, 4.69) is 69.7 Å². The molecule has 0 atom stereocenters. The van der Waals surface area contributed by atoms with Crippen molar-refractivity contribution in [3.63, 3.8) is 0 Å². The Morgan fingerprint density at radius 2 is 1.70 bits per heavy atom. The molecule has 6 heteroatoms. The normalized spacial score (nSPS) is 10.7. The lowest BCUT2D eigenvalue weighted by atomic mass is 9.98. The standard InChI is InChI=1S/C21H26N6/c1-14(2)18-8-6-7-15(3)20(18)24-19-13-22-26-21(25-19)23-16-9-11-17(12-10-16)27(4)5/h6-14H,1-5H3,(H2,23,24,25,26). The zero-order chi connectivity index (χ0) is 19.4. The van der Waals surface area contributed by atoms with Crippen LogP contribution in [0, 0.1) is 6.92 Å². The molecule has 0 fully saturated rings. The minimum Gasteiger partial charge on any atom is -0.378 e. The molecule has 0 aliphatic rings. The molecule has 0 aliphatic heterocycles. The summed E-state index contributed by atoms with van der Waals surface area (Å²) in [6.45, 7) is 6.46. The van der Waals surface area contributed by atoms with Crippen molar-refractivity contribution in [2.75, 3.05) is 29.6 Å². The van der Waals surface area contributed by atoms with E-state index in [0.29, 0.717) is 17.7 Å². The van der Waals surface area contributed by atoms with Crippen LogP contribution in [-0.4, -0.2) is 29.3 Å². The van der Waals surface area contributed by atoms with Gasteiger partial charge in [-0.05, 0) is 48.2 Å². The quantitative estimate of drug-likeness (QED) is 0.653. The number of nitrogens with one attached hydrogen (secondary N) is 2. The van der Waals surface area contributed by atoms with Gasteiger partial charge in [0.1, 0.15) is 0 Å². The first-order valence-electron chi connectivity index (χ1n) is 9.04. The molecule has 2 N–H and O–H groups in total. The lowest BCUT2D eigenvalue weighted by Gasteiger charge is -2.17. The van der Waals surface area contributed by atoms with E-state index in [1.165, 1.54) is 11.1 Å². The fourth-order valence-corrected chi connectivity index (χ4v) is 2.86. The van der Waals surface area contributed by atoms with Crippen LogP contribution in [0.4, 0.5) is 28.8 Å². The van der Waals surface area contributed by atoms with Crippen LogP contribution in [0.1, 0.15) is 30.9 Å². The molecular weight excluding hydrogens is 336 g/mol. The van der Waals surface area contributed by atoms with Gasteiger partial charge in [-0.2, -0.15) is 10.1 Å². The summed E-state index contributed by atoms with van der Waals surface area (Å²) in [6.07, 6.45) is 1.64. The molecule has 6 nitrogen and oxygen atoms in total. The number of aromatic nitrogens is 3. The highest BCUT2D eigenvalue weighted by molar-refractivity contribution is 5.66. The average molecular weight is 362 g/mol. The topological polar surface area (TPSA) is 66.0 Å². The van der Waals surface area contributed by atoms with Crippen molar-refractivity contribution in [2.45, 2.75) is 26.7 Å². The van der Waals surface area contributed by atoms with Crippen LogP contribution in [0.15, 0.2) is 48.7 Å². The number of hydrogen-bond acceptors (Lipinski definition) is 6. The molecule has 0 saturated heterocycles. The minimum absolute atomic E-state index is 0.412. The van der Waals surface area contributed by atoms with Crippen LogP contribution >= 0.6 is 0 Å². The van der Waals surface area contributed by atoms with Crippen molar-refractivity contribution in [1.29, 1.82) is 0 Å². The smallest absolute Gasteiger partial charge is 0.249 e. The van der Waals surface area contributed by atoms with Gasteiger partial charge in [0.05, 0.1) is 6.20 Å². The Bertz CT molecular complexity index is 903. The van der Waals surface area contributed by atoms with E-state index in [9.17, 15) is 0 Å².